The van der Waals surface area contributed by atoms with Gasteiger partial charge in [0.1, 0.15) is 0 Å². The molecule has 0 bridgehead atoms. The van der Waals surface area contributed by atoms with E-state index in [1.54, 1.807) is 6.07 Å². The van der Waals surface area contributed by atoms with Gasteiger partial charge in [0.25, 0.3) is 0 Å². The van der Waals surface area contributed by atoms with Crippen LogP contribution in [0.1, 0.15) is 38.8 Å². The maximum Gasteiger partial charge on any atom is 0.416 e. The Bertz CT molecular complexity index is 438. The number of hydrogen-bond donors (Lipinski definition) is 1. The molecule has 0 fully saturated rings. The zero-order valence-corrected chi connectivity index (χ0v) is 13.1. The third kappa shape index (κ3) is 6.96. The maximum atomic E-state index is 12.7. The SMILES string of the molecule is CCNC(COC(C)(C)C)Cc1cccc(C(F)(F)F)c1. The summed E-state index contributed by atoms with van der Waals surface area (Å²) in [5, 5.41) is 3.26. The Morgan fingerprint density at radius 2 is 1.86 bits per heavy atom. The summed E-state index contributed by atoms with van der Waals surface area (Å²) in [6.45, 7) is 9.06. The molecule has 0 heterocycles. The average Bonchev–Trinajstić information content (AvgIpc) is 2.35. The van der Waals surface area contributed by atoms with Crippen LogP contribution in [0.2, 0.25) is 0 Å². The summed E-state index contributed by atoms with van der Waals surface area (Å²) in [5.41, 5.74) is -0.207. The molecule has 0 aliphatic rings. The number of alkyl halides is 3. The van der Waals surface area contributed by atoms with Gasteiger partial charge in [-0.2, -0.15) is 13.2 Å². The van der Waals surface area contributed by atoms with Gasteiger partial charge in [-0.25, -0.2) is 0 Å². The van der Waals surface area contributed by atoms with Crippen molar-refractivity contribution >= 4 is 0 Å². The van der Waals surface area contributed by atoms with Gasteiger partial charge < -0.3 is 10.1 Å². The quantitative estimate of drug-likeness (QED) is 0.856. The zero-order chi connectivity index (χ0) is 16.1. The van der Waals surface area contributed by atoms with Crippen LogP contribution < -0.4 is 5.32 Å². The zero-order valence-electron chi connectivity index (χ0n) is 13.1. The topological polar surface area (TPSA) is 21.3 Å². The first-order valence-corrected chi connectivity index (χ1v) is 7.15. The van der Waals surface area contributed by atoms with Crippen LogP contribution >= 0.6 is 0 Å². The van der Waals surface area contributed by atoms with Crippen molar-refractivity contribution in [1.82, 2.24) is 5.32 Å². The lowest BCUT2D eigenvalue weighted by Gasteiger charge is -2.25. The molecule has 0 saturated carbocycles. The number of benzene rings is 1. The molecule has 0 aromatic heterocycles. The monoisotopic (exact) mass is 303 g/mol. The van der Waals surface area contributed by atoms with Gasteiger partial charge in [-0.1, -0.05) is 25.1 Å². The number of halogens is 3. The summed E-state index contributed by atoms with van der Waals surface area (Å²) in [5.74, 6) is 0. The molecule has 1 atom stereocenters. The Balaban J connectivity index is 2.75. The average molecular weight is 303 g/mol. The van der Waals surface area contributed by atoms with E-state index in [2.05, 4.69) is 5.32 Å². The lowest BCUT2D eigenvalue weighted by Crippen LogP contribution is -2.38. The van der Waals surface area contributed by atoms with Crippen LogP contribution in [0.25, 0.3) is 0 Å². The van der Waals surface area contributed by atoms with Gasteiger partial charge in [0.05, 0.1) is 17.8 Å². The predicted octanol–water partition coefficient (Wildman–Crippen LogP) is 4.04. The van der Waals surface area contributed by atoms with Crippen LogP contribution in [-0.2, 0) is 17.3 Å². The number of hydrogen-bond acceptors (Lipinski definition) is 2. The number of ether oxygens (including phenoxy) is 1. The summed E-state index contributed by atoms with van der Waals surface area (Å²) >= 11 is 0. The molecule has 1 unspecified atom stereocenters. The van der Waals surface area contributed by atoms with E-state index in [4.69, 9.17) is 4.74 Å². The summed E-state index contributed by atoms with van der Waals surface area (Å²) in [4.78, 5) is 0. The fraction of sp³-hybridized carbons (Fsp3) is 0.625. The van der Waals surface area contributed by atoms with Gasteiger partial charge in [0, 0.05) is 6.04 Å². The fourth-order valence-electron chi connectivity index (χ4n) is 1.99. The molecule has 0 aliphatic carbocycles. The lowest BCUT2D eigenvalue weighted by atomic mass is 10.0. The highest BCUT2D eigenvalue weighted by molar-refractivity contribution is 5.26. The molecule has 0 amide bonds. The molecule has 0 spiro atoms. The van der Waals surface area contributed by atoms with Crippen molar-refractivity contribution in [3.8, 4) is 0 Å². The third-order valence-electron chi connectivity index (χ3n) is 2.95. The first-order chi connectivity index (χ1) is 9.62. The van der Waals surface area contributed by atoms with E-state index in [9.17, 15) is 13.2 Å². The molecular formula is C16H24F3NO. The minimum absolute atomic E-state index is 0.00212. The summed E-state index contributed by atoms with van der Waals surface area (Å²) in [6, 6.07) is 5.47. The highest BCUT2D eigenvalue weighted by Crippen LogP contribution is 2.29. The molecule has 0 radical (unpaired) electrons. The lowest BCUT2D eigenvalue weighted by molar-refractivity contribution is -0.137. The van der Waals surface area contributed by atoms with Gasteiger partial charge in [-0.15, -0.1) is 0 Å². The van der Waals surface area contributed by atoms with Crippen molar-refractivity contribution in [2.24, 2.45) is 0 Å². The molecule has 2 nitrogen and oxygen atoms in total. The molecule has 1 N–H and O–H groups in total. The van der Waals surface area contributed by atoms with Crippen LogP contribution in [-0.4, -0.2) is 24.8 Å². The van der Waals surface area contributed by atoms with Crippen molar-refractivity contribution in [2.75, 3.05) is 13.2 Å². The van der Waals surface area contributed by atoms with E-state index in [0.29, 0.717) is 18.6 Å². The van der Waals surface area contributed by atoms with E-state index >= 15 is 0 Å². The first-order valence-electron chi connectivity index (χ1n) is 7.15. The van der Waals surface area contributed by atoms with Crippen LogP contribution in [0, 0.1) is 0 Å². The molecule has 1 aromatic carbocycles. The highest BCUT2D eigenvalue weighted by Gasteiger charge is 2.30. The van der Waals surface area contributed by atoms with E-state index < -0.39 is 11.7 Å². The Morgan fingerprint density at radius 3 is 2.38 bits per heavy atom. The summed E-state index contributed by atoms with van der Waals surface area (Å²) < 4.78 is 43.9. The summed E-state index contributed by atoms with van der Waals surface area (Å²) in [7, 11) is 0. The molecular weight excluding hydrogens is 279 g/mol. The minimum atomic E-state index is -4.30. The largest absolute Gasteiger partial charge is 0.416 e. The van der Waals surface area contributed by atoms with Gasteiger partial charge in [0.15, 0.2) is 0 Å². The molecule has 1 rings (SSSR count). The van der Waals surface area contributed by atoms with E-state index in [0.717, 1.165) is 12.6 Å². The molecule has 0 saturated heterocycles. The van der Waals surface area contributed by atoms with E-state index in [-0.39, 0.29) is 11.6 Å². The second kappa shape index (κ2) is 7.27. The first kappa shape index (κ1) is 18.0. The summed E-state index contributed by atoms with van der Waals surface area (Å²) in [6.07, 6.45) is -3.79. The van der Waals surface area contributed by atoms with Gasteiger partial charge in [-0.05, 0) is 45.4 Å². The standard InChI is InChI=1S/C16H24F3NO/c1-5-20-14(11-21-15(2,3)4)10-12-7-6-8-13(9-12)16(17,18)19/h6-9,14,20H,5,10-11H2,1-4H3. The van der Waals surface area contributed by atoms with Crippen molar-refractivity contribution in [3.05, 3.63) is 35.4 Å². The van der Waals surface area contributed by atoms with Crippen LogP contribution in [0.3, 0.4) is 0 Å². The third-order valence-corrected chi connectivity index (χ3v) is 2.95. The Kier molecular flexibility index (Phi) is 6.23. The Hall–Kier alpha value is -1.07. The molecule has 5 heteroatoms. The normalized spacial score (nSPS) is 14.2. The van der Waals surface area contributed by atoms with Crippen LogP contribution in [0.15, 0.2) is 24.3 Å². The van der Waals surface area contributed by atoms with E-state index in [1.807, 2.05) is 27.7 Å². The van der Waals surface area contributed by atoms with Crippen molar-refractivity contribution < 1.29 is 17.9 Å². The number of likely N-dealkylation sites (N-methyl/N-ethyl adjacent to an activating group) is 1. The Labute approximate surface area is 124 Å². The van der Waals surface area contributed by atoms with Crippen LogP contribution in [0.4, 0.5) is 13.2 Å². The Morgan fingerprint density at radius 1 is 1.19 bits per heavy atom. The maximum absolute atomic E-state index is 12.7. The second-order valence-corrected chi connectivity index (χ2v) is 6.08. The van der Waals surface area contributed by atoms with E-state index in [1.165, 1.54) is 12.1 Å². The van der Waals surface area contributed by atoms with Crippen LogP contribution in [0.5, 0.6) is 0 Å². The van der Waals surface area contributed by atoms with Gasteiger partial charge in [0.2, 0.25) is 0 Å². The molecule has 1 aromatic rings. The van der Waals surface area contributed by atoms with Gasteiger partial charge in [-0.3, -0.25) is 0 Å². The minimum Gasteiger partial charge on any atom is -0.374 e. The number of nitrogens with one attached hydrogen (secondary N) is 1. The highest BCUT2D eigenvalue weighted by atomic mass is 19.4. The van der Waals surface area contributed by atoms with Crippen molar-refractivity contribution in [2.45, 2.75) is 51.9 Å². The molecule has 120 valence electrons. The molecule has 21 heavy (non-hydrogen) atoms. The predicted molar refractivity (Wildman–Crippen MR) is 78.3 cm³/mol. The van der Waals surface area contributed by atoms with Crippen molar-refractivity contribution in [1.29, 1.82) is 0 Å². The van der Waals surface area contributed by atoms with Gasteiger partial charge >= 0.3 is 6.18 Å². The smallest absolute Gasteiger partial charge is 0.374 e. The second-order valence-electron chi connectivity index (χ2n) is 6.08. The fourth-order valence-corrected chi connectivity index (χ4v) is 1.99. The number of rotatable bonds is 6. The molecule has 0 aliphatic heterocycles. The van der Waals surface area contributed by atoms with Crippen molar-refractivity contribution in [3.63, 3.8) is 0 Å².